The van der Waals surface area contributed by atoms with Crippen LogP contribution in [0.25, 0.3) is 0 Å². The Morgan fingerprint density at radius 1 is 1.10 bits per heavy atom. The van der Waals surface area contributed by atoms with E-state index in [0.29, 0.717) is 5.69 Å². The van der Waals surface area contributed by atoms with Crippen LogP contribution in [0.15, 0.2) is 46.9 Å². The van der Waals surface area contributed by atoms with Crippen LogP contribution in [0, 0.1) is 3.57 Å². The molecule has 7 heteroatoms. The average Bonchev–Trinajstić information content (AvgIpc) is 2.40. The molecule has 0 fully saturated rings. The Labute approximate surface area is 141 Å². The SMILES string of the molecule is O=C(Nc1ccc(I)cc1)c1ccc(Br)c(C(F)(F)F)c1. The Morgan fingerprint density at radius 3 is 2.29 bits per heavy atom. The van der Waals surface area contributed by atoms with Crippen LogP contribution in [-0.2, 0) is 6.18 Å². The van der Waals surface area contributed by atoms with Gasteiger partial charge < -0.3 is 5.32 Å². The van der Waals surface area contributed by atoms with Crippen molar-refractivity contribution in [3.63, 3.8) is 0 Å². The molecule has 0 saturated carbocycles. The molecule has 110 valence electrons. The first-order valence-corrected chi connectivity index (χ1v) is 7.58. The minimum absolute atomic E-state index is 0.0518. The summed E-state index contributed by atoms with van der Waals surface area (Å²) in [5, 5.41) is 2.56. The van der Waals surface area contributed by atoms with Gasteiger partial charge in [-0.15, -0.1) is 0 Å². The summed E-state index contributed by atoms with van der Waals surface area (Å²) >= 11 is 4.95. The maximum Gasteiger partial charge on any atom is 0.417 e. The number of carbonyl (C=O) groups excluding carboxylic acids is 1. The standard InChI is InChI=1S/C14H8BrF3INO/c15-12-6-1-8(7-11(12)14(16,17)18)13(21)20-10-4-2-9(19)3-5-10/h1-7H,(H,20,21). The fourth-order valence-electron chi connectivity index (χ4n) is 1.62. The van der Waals surface area contributed by atoms with Crippen molar-refractivity contribution in [3.8, 4) is 0 Å². The Bertz CT molecular complexity index is 671. The van der Waals surface area contributed by atoms with Crippen LogP contribution < -0.4 is 5.32 Å². The van der Waals surface area contributed by atoms with Crippen molar-refractivity contribution in [2.75, 3.05) is 5.32 Å². The van der Waals surface area contributed by atoms with E-state index >= 15 is 0 Å². The lowest BCUT2D eigenvalue weighted by Crippen LogP contribution is -2.14. The number of rotatable bonds is 2. The summed E-state index contributed by atoms with van der Waals surface area (Å²) in [7, 11) is 0. The largest absolute Gasteiger partial charge is 0.417 e. The molecule has 2 aromatic rings. The third-order valence-corrected chi connectivity index (χ3v) is 4.05. The predicted molar refractivity (Wildman–Crippen MR) is 86.3 cm³/mol. The van der Waals surface area contributed by atoms with Gasteiger partial charge in [0.2, 0.25) is 0 Å². The van der Waals surface area contributed by atoms with Gasteiger partial charge in [0.15, 0.2) is 0 Å². The monoisotopic (exact) mass is 469 g/mol. The number of anilines is 1. The fraction of sp³-hybridized carbons (Fsp3) is 0.0714. The first kappa shape index (κ1) is 16.3. The van der Waals surface area contributed by atoms with Gasteiger partial charge >= 0.3 is 6.18 Å². The number of alkyl halides is 3. The van der Waals surface area contributed by atoms with E-state index in [4.69, 9.17) is 0 Å². The van der Waals surface area contributed by atoms with Gasteiger partial charge in [0.05, 0.1) is 5.56 Å². The predicted octanol–water partition coefficient (Wildman–Crippen LogP) is 5.32. The summed E-state index contributed by atoms with van der Waals surface area (Å²) in [4.78, 5) is 12.0. The zero-order valence-electron chi connectivity index (χ0n) is 10.3. The molecule has 0 aliphatic carbocycles. The highest BCUT2D eigenvalue weighted by Crippen LogP contribution is 2.35. The minimum Gasteiger partial charge on any atom is -0.322 e. The number of nitrogens with one attached hydrogen (secondary N) is 1. The van der Waals surface area contributed by atoms with Crippen LogP contribution in [-0.4, -0.2) is 5.91 Å². The summed E-state index contributed by atoms with van der Waals surface area (Å²) in [6, 6.07) is 10.3. The van der Waals surface area contributed by atoms with E-state index in [1.807, 2.05) is 0 Å². The number of benzene rings is 2. The molecule has 0 saturated heterocycles. The van der Waals surface area contributed by atoms with Crippen molar-refractivity contribution in [2.45, 2.75) is 6.18 Å². The van der Waals surface area contributed by atoms with Crippen molar-refractivity contribution >= 4 is 50.1 Å². The Morgan fingerprint density at radius 2 is 1.71 bits per heavy atom. The van der Waals surface area contributed by atoms with Gasteiger partial charge in [0, 0.05) is 19.3 Å². The molecule has 0 atom stereocenters. The molecule has 0 spiro atoms. The molecule has 0 heterocycles. The van der Waals surface area contributed by atoms with Crippen LogP contribution in [0.5, 0.6) is 0 Å². The highest BCUT2D eigenvalue weighted by Gasteiger charge is 2.33. The Hall–Kier alpha value is -1.09. The van der Waals surface area contributed by atoms with E-state index in [-0.39, 0.29) is 10.0 Å². The highest BCUT2D eigenvalue weighted by molar-refractivity contribution is 14.1. The molecule has 0 radical (unpaired) electrons. The molecule has 0 aliphatic heterocycles. The molecule has 0 unspecified atom stereocenters. The first-order chi connectivity index (χ1) is 9.77. The van der Waals surface area contributed by atoms with Gasteiger partial charge in [-0.3, -0.25) is 4.79 Å². The van der Waals surface area contributed by atoms with Gasteiger partial charge in [-0.2, -0.15) is 13.2 Å². The number of carbonyl (C=O) groups is 1. The van der Waals surface area contributed by atoms with Crippen LogP contribution in [0.1, 0.15) is 15.9 Å². The van der Waals surface area contributed by atoms with Crippen molar-refractivity contribution in [1.82, 2.24) is 0 Å². The summed E-state index contributed by atoms with van der Waals surface area (Å²) in [6.45, 7) is 0. The summed E-state index contributed by atoms with van der Waals surface area (Å²) < 4.78 is 39.3. The zero-order valence-corrected chi connectivity index (χ0v) is 14.1. The Balaban J connectivity index is 2.25. The second-order valence-electron chi connectivity index (χ2n) is 4.15. The maximum atomic E-state index is 12.8. The van der Waals surface area contributed by atoms with E-state index in [1.165, 1.54) is 12.1 Å². The van der Waals surface area contributed by atoms with Gasteiger partial charge in [0.1, 0.15) is 0 Å². The lowest BCUT2D eigenvalue weighted by atomic mass is 10.1. The maximum absolute atomic E-state index is 12.8. The van der Waals surface area contributed by atoms with Crippen LogP contribution in [0.2, 0.25) is 0 Å². The van der Waals surface area contributed by atoms with Crippen LogP contribution in [0.3, 0.4) is 0 Å². The van der Waals surface area contributed by atoms with Crippen molar-refractivity contribution in [3.05, 3.63) is 61.6 Å². The molecule has 2 rings (SSSR count). The van der Waals surface area contributed by atoms with Crippen LogP contribution in [0.4, 0.5) is 18.9 Å². The summed E-state index contributed by atoms with van der Waals surface area (Å²) in [6.07, 6.45) is -4.52. The molecule has 2 aromatic carbocycles. The van der Waals surface area contributed by atoms with Gasteiger partial charge in [-0.1, -0.05) is 15.9 Å². The first-order valence-electron chi connectivity index (χ1n) is 5.71. The van der Waals surface area contributed by atoms with Crippen LogP contribution >= 0.6 is 38.5 Å². The molecule has 0 bridgehead atoms. The zero-order chi connectivity index (χ0) is 15.6. The lowest BCUT2D eigenvalue weighted by Gasteiger charge is -2.11. The second-order valence-corrected chi connectivity index (χ2v) is 6.25. The number of halogens is 5. The highest BCUT2D eigenvalue weighted by atomic mass is 127. The second kappa shape index (κ2) is 6.35. The quantitative estimate of drug-likeness (QED) is 0.592. The van der Waals surface area contributed by atoms with E-state index in [0.717, 1.165) is 9.64 Å². The summed E-state index contributed by atoms with van der Waals surface area (Å²) in [5.41, 5.74) is -0.404. The number of amides is 1. The van der Waals surface area contributed by atoms with Crippen molar-refractivity contribution in [2.24, 2.45) is 0 Å². The van der Waals surface area contributed by atoms with E-state index in [2.05, 4.69) is 43.8 Å². The van der Waals surface area contributed by atoms with Gasteiger partial charge in [-0.25, -0.2) is 0 Å². The van der Waals surface area contributed by atoms with E-state index in [1.54, 1.807) is 24.3 Å². The third kappa shape index (κ3) is 4.19. The molecule has 1 N–H and O–H groups in total. The molecule has 2 nitrogen and oxygen atoms in total. The normalized spacial score (nSPS) is 11.3. The number of hydrogen-bond donors (Lipinski definition) is 1. The van der Waals surface area contributed by atoms with Crippen molar-refractivity contribution in [1.29, 1.82) is 0 Å². The molecule has 1 amide bonds. The summed E-state index contributed by atoms with van der Waals surface area (Å²) in [5.74, 6) is -0.589. The smallest absolute Gasteiger partial charge is 0.322 e. The molecule has 0 aromatic heterocycles. The fourth-order valence-corrected chi connectivity index (χ4v) is 2.45. The van der Waals surface area contributed by atoms with Gasteiger partial charge in [0.25, 0.3) is 5.91 Å². The molecular formula is C14H8BrF3INO. The van der Waals surface area contributed by atoms with E-state index in [9.17, 15) is 18.0 Å². The molecular weight excluding hydrogens is 462 g/mol. The van der Waals surface area contributed by atoms with Gasteiger partial charge in [-0.05, 0) is 65.1 Å². The minimum atomic E-state index is -4.52. The van der Waals surface area contributed by atoms with E-state index < -0.39 is 17.6 Å². The Kier molecular flexibility index (Phi) is 4.92. The topological polar surface area (TPSA) is 29.1 Å². The number of hydrogen-bond acceptors (Lipinski definition) is 1. The molecule has 21 heavy (non-hydrogen) atoms. The average molecular weight is 470 g/mol. The third-order valence-electron chi connectivity index (χ3n) is 2.64. The van der Waals surface area contributed by atoms with Crippen molar-refractivity contribution < 1.29 is 18.0 Å². The molecule has 0 aliphatic rings. The lowest BCUT2D eigenvalue weighted by molar-refractivity contribution is -0.138.